The van der Waals surface area contributed by atoms with Crippen molar-refractivity contribution < 1.29 is 0 Å². The standard InChI is InChI=1S/C11H13ClN4/c1-4-9-6-10(12)16(15-9)11-5-7(2)13-8(3)14-11/h5-6H,4H2,1-3H3. The van der Waals surface area contributed by atoms with Crippen LogP contribution in [0.5, 0.6) is 0 Å². The Bertz CT molecular complexity index is 498. The van der Waals surface area contributed by atoms with Gasteiger partial charge in [-0.05, 0) is 26.3 Å². The summed E-state index contributed by atoms with van der Waals surface area (Å²) in [6.07, 6.45) is 0.857. The molecule has 0 bridgehead atoms. The summed E-state index contributed by atoms with van der Waals surface area (Å²) in [6, 6.07) is 3.72. The summed E-state index contributed by atoms with van der Waals surface area (Å²) >= 11 is 6.10. The normalized spacial score (nSPS) is 10.8. The van der Waals surface area contributed by atoms with Crippen molar-refractivity contribution in [3.63, 3.8) is 0 Å². The minimum absolute atomic E-state index is 0.578. The highest BCUT2D eigenvalue weighted by Gasteiger charge is 2.08. The van der Waals surface area contributed by atoms with Crippen LogP contribution in [0, 0.1) is 13.8 Å². The van der Waals surface area contributed by atoms with E-state index in [-0.39, 0.29) is 0 Å². The van der Waals surface area contributed by atoms with Gasteiger partial charge >= 0.3 is 0 Å². The van der Waals surface area contributed by atoms with E-state index in [9.17, 15) is 0 Å². The third kappa shape index (κ3) is 2.07. The molecule has 0 unspecified atom stereocenters. The third-order valence-electron chi connectivity index (χ3n) is 2.25. The van der Waals surface area contributed by atoms with Crippen molar-refractivity contribution in [3.05, 3.63) is 34.5 Å². The topological polar surface area (TPSA) is 43.6 Å². The number of hydrogen-bond acceptors (Lipinski definition) is 3. The molecule has 0 aromatic carbocycles. The maximum atomic E-state index is 6.10. The Hall–Kier alpha value is -1.42. The molecule has 0 aliphatic heterocycles. The largest absolute Gasteiger partial charge is 0.238 e. The maximum absolute atomic E-state index is 6.10. The highest BCUT2D eigenvalue weighted by atomic mass is 35.5. The molecule has 0 radical (unpaired) electrons. The molecule has 0 atom stereocenters. The second-order valence-corrected chi connectivity index (χ2v) is 4.03. The molecule has 2 aromatic heterocycles. The second-order valence-electron chi connectivity index (χ2n) is 3.64. The van der Waals surface area contributed by atoms with Crippen molar-refractivity contribution in [1.82, 2.24) is 19.7 Å². The van der Waals surface area contributed by atoms with Crippen LogP contribution in [-0.2, 0) is 6.42 Å². The molecule has 16 heavy (non-hydrogen) atoms. The smallest absolute Gasteiger partial charge is 0.159 e. The zero-order chi connectivity index (χ0) is 11.7. The van der Waals surface area contributed by atoms with Crippen LogP contribution in [0.15, 0.2) is 12.1 Å². The fraction of sp³-hybridized carbons (Fsp3) is 0.364. The fourth-order valence-electron chi connectivity index (χ4n) is 1.54. The van der Waals surface area contributed by atoms with Crippen LogP contribution in [0.4, 0.5) is 0 Å². The van der Waals surface area contributed by atoms with E-state index in [2.05, 4.69) is 15.1 Å². The molecule has 2 aromatic rings. The minimum atomic E-state index is 0.578. The lowest BCUT2D eigenvalue weighted by Gasteiger charge is -2.04. The molecular weight excluding hydrogens is 224 g/mol. The van der Waals surface area contributed by atoms with Gasteiger partial charge in [-0.15, -0.1) is 0 Å². The first-order valence-electron chi connectivity index (χ1n) is 5.17. The summed E-state index contributed by atoms with van der Waals surface area (Å²) in [5, 5.41) is 4.95. The summed E-state index contributed by atoms with van der Waals surface area (Å²) in [7, 11) is 0. The van der Waals surface area contributed by atoms with Gasteiger partial charge in [-0.25, -0.2) is 14.6 Å². The van der Waals surface area contributed by atoms with Gasteiger partial charge in [-0.1, -0.05) is 18.5 Å². The molecule has 5 heteroatoms. The first kappa shape index (κ1) is 11.1. The number of hydrogen-bond donors (Lipinski definition) is 0. The first-order valence-corrected chi connectivity index (χ1v) is 5.55. The van der Waals surface area contributed by atoms with Crippen LogP contribution in [0.25, 0.3) is 5.82 Å². The third-order valence-corrected chi connectivity index (χ3v) is 2.52. The predicted octanol–water partition coefficient (Wildman–Crippen LogP) is 2.49. The van der Waals surface area contributed by atoms with E-state index in [0.29, 0.717) is 5.15 Å². The lowest BCUT2D eigenvalue weighted by atomic mass is 10.3. The number of nitrogens with zero attached hydrogens (tertiary/aromatic N) is 4. The van der Waals surface area contributed by atoms with Crippen LogP contribution >= 0.6 is 11.6 Å². The van der Waals surface area contributed by atoms with Gasteiger partial charge in [0.1, 0.15) is 11.0 Å². The van der Waals surface area contributed by atoms with Gasteiger partial charge in [0.05, 0.1) is 5.69 Å². The molecule has 0 aliphatic carbocycles. The lowest BCUT2D eigenvalue weighted by molar-refractivity contribution is 0.799. The molecule has 0 saturated heterocycles. The van der Waals surface area contributed by atoms with E-state index in [1.165, 1.54) is 0 Å². The average molecular weight is 237 g/mol. The lowest BCUT2D eigenvalue weighted by Crippen LogP contribution is -2.04. The highest BCUT2D eigenvalue weighted by Crippen LogP contribution is 2.16. The minimum Gasteiger partial charge on any atom is -0.238 e. The van der Waals surface area contributed by atoms with Crippen LogP contribution in [0.2, 0.25) is 5.15 Å². The van der Waals surface area contributed by atoms with Gasteiger partial charge in [0.2, 0.25) is 0 Å². The molecule has 0 N–H and O–H groups in total. The monoisotopic (exact) mass is 236 g/mol. The van der Waals surface area contributed by atoms with Crippen molar-refractivity contribution in [3.8, 4) is 5.82 Å². The Labute approximate surface area is 99.3 Å². The molecule has 0 aliphatic rings. The Morgan fingerprint density at radius 3 is 2.56 bits per heavy atom. The Balaban J connectivity index is 2.53. The van der Waals surface area contributed by atoms with E-state index in [0.717, 1.165) is 29.5 Å². The molecule has 0 spiro atoms. The van der Waals surface area contributed by atoms with Gasteiger partial charge in [-0.2, -0.15) is 5.10 Å². The fourth-order valence-corrected chi connectivity index (χ4v) is 1.79. The van der Waals surface area contributed by atoms with Gasteiger partial charge < -0.3 is 0 Å². The van der Waals surface area contributed by atoms with Crippen molar-refractivity contribution >= 4 is 11.6 Å². The molecule has 0 fully saturated rings. The van der Waals surface area contributed by atoms with Gasteiger partial charge in [0.25, 0.3) is 0 Å². The molecule has 0 saturated carbocycles. The Morgan fingerprint density at radius 1 is 1.25 bits per heavy atom. The number of halogens is 1. The number of aromatic nitrogens is 4. The van der Waals surface area contributed by atoms with E-state index in [4.69, 9.17) is 11.6 Å². The summed E-state index contributed by atoms with van der Waals surface area (Å²) in [5.41, 5.74) is 1.87. The molecule has 2 rings (SSSR count). The molecule has 0 amide bonds. The van der Waals surface area contributed by atoms with E-state index >= 15 is 0 Å². The van der Waals surface area contributed by atoms with Gasteiger partial charge in [-0.3, -0.25) is 0 Å². The zero-order valence-corrected chi connectivity index (χ0v) is 10.3. The maximum Gasteiger partial charge on any atom is 0.159 e. The molecule has 4 nitrogen and oxygen atoms in total. The van der Waals surface area contributed by atoms with Crippen LogP contribution in [-0.4, -0.2) is 19.7 Å². The Kier molecular flexibility index (Phi) is 2.92. The summed E-state index contributed by atoms with van der Waals surface area (Å²) in [5.74, 6) is 1.44. The average Bonchev–Trinajstić information content (AvgIpc) is 2.58. The van der Waals surface area contributed by atoms with Crippen molar-refractivity contribution in [2.24, 2.45) is 0 Å². The van der Waals surface area contributed by atoms with Crippen molar-refractivity contribution in [2.75, 3.05) is 0 Å². The summed E-state index contributed by atoms with van der Waals surface area (Å²) in [6.45, 7) is 5.82. The van der Waals surface area contributed by atoms with E-state index in [1.54, 1.807) is 4.68 Å². The van der Waals surface area contributed by atoms with E-state index in [1.807, 2.05) is 32.9 Å². The molecule has 84 valence electrons. The quantitative estimate of drug-likeness (QED) is 0.805. The van der Waals surface area contributed by atoms with Crippen molar-refractivity contribution in [1.29, 1.82) is 0 Å². The Morgan fingerprint density at radius 2 is 2.00 bits per heavy atom. The number of aryl methyl sites for hydroxylation is 3. The van der Waals surface area contributed by atoms with Crippen LogP contribution in [0.1, 0.15) is 24.1 Å². The van der Waals surface area contributed by atoms with Gasteiger partial charge in [0, 0.05) is 11.8 Å². The predicted molar refractivity (Wildman–Crippen MR) is 63.0 cm³/mol. The van der Waals surface area contributed by atoms with E-state index < -0.39 is 0 Å². The molecule has 2 heterocycles. The van der Waals surface area contributed by atoms with Crippen molar-refractivity contribution in [2.45, 2.75) is 27.2 Å². The summed E-state index contributed by atoms with van der Waals surface area (Å²) < 4.78 is 1.64. The highest BCUT2D eigenvalue weighted by molar-refractivity contribution is 6.29. The summed E-state index contributed by atoms with van der Waals surface area (Å²) in [4.78, 5) is 8.54. The van der Waals surface area contributed by atoms with Crippen LogP contribution in [0.3, 0.4) is 0 Å². The van der Waals surface area contributed by atoms with Gasteiger partial charge in [0.15, 0.2) is 5.82 Å². The zero-order valence-electron chi connectivity index (χ0n) is 9.53. The molecular formula is C11H13ClN4. The second kappa shape index (κ2) is 4.22. The van der Waals surface area contributed by atoms with Crippen LogP contribution < -0.4 is 0 Å². The first-order chi connectivity index (χ1) is 7.60. The SMILES string of the molecule is CCc1cc(Cl)n(-c2cc(C)nc(C)n2)n1. The number of rotatable bonds is 2.